The van der Waals surface area contributed by atoms with Gasteiger partial charge in [0.25, 0.3) is 5.91 Å². The summed E-state index contributed by atoms with van der Waals surface area (Å²) >= 11 is 0. The molecule has 0 saturated carbocycles. The van der Waals surface area contributed by atoms with Crippen molar-refractivity contribution in [2.75, 3.05) is 11.4 Å². The van der Waals surface area contributed by atoms with E-state index in [9.17, 15) is 4.79 Å². The van der Waals surface area contributed by atoms with Gasteiger partial charge >= 0.3 is 0 Å². The van der Waals surface area contributed by atoms with Crippen LogP contribution in [0.15, 0.2) is 77.2 Å². The highest BCUT2D eigenvalue weighted by Gasteiger charge is 2.26. The molecule has 2 aliphatic heterocycles. The minimum absolute atomic E-state index is 0.184. The van der Waals surface area contributed by atoms with Gasteiger partial charge in [0, 0.05) is 6.54 Å². The second-order valence-corrected chi connectivity index (χ2v) is 6.88. The van der Waals surface area contributed by atoms with Gasteiger partial charge in [-0.15, -0.1) is 0 Å². The monoisotopic (exact) mass is 373 g/mol. The molecule has 142 valence electrons. The zero-order valence-electron chi connectivity index (χ0n) is 16.1. The lowest BCUT2D eigenvalue weighted by molar-refractivity contribution is -0.116. The fourth-order valence-corrected chi connectivity index (χ4v) is 3.35. The van der Waals surface area contributed by atoms with Crippen LogP contribution in [0.3, 0.4) is 0 Å². The Morgan fingerprint density at radius 1 is 1.11 bits per heavy atom. The summed E-state index contributed by atoms with van der Waals surface area (Å²) in [5.41, 5.74) is 7.11. The number of hydrogen-bond acceptors (Lipinski definition) is 4. The summed E-state index contributed by atoms with van der Waals surface area (Å²) in [6.45, 7) is 4.84. The minimum Gasteiger partial charge on any atom is -0.439 e. The normalized spacial score (nSPS) is 18.3. The molecule has 4 rings (SSSR count). The van der Waals surface area contributed by atoms with Gasteiger partial charge in [-0.1, -0.05) is 49.7 Å². The topological polar surface area (TPSA) is 53.9 Å². The fraction of sp³-hybridized carbons (Fsp3) is 0.217. The maximum Gasteiger partial charge on any atom is 0.273 e. The number of amides is 1. The molecule has 0 bridgehead atoms. The largest absolute Gasteiger partial charge is 0.439 e. The Hall–Kier alpha value is -3.34. The summed E-state index contributed by atoms with van der Waals surface area (Å²) in [4.78, 5) is 14.1. The summed E-state index contributed by atoms with van der Waals surface area (Å²) in [7, 11) is 0. The number of nitrogens with zero attached hydrogens (tertiary/aromatic N) is 2. The Morgan fingerprint density at radius 2 is 1.93 bits per heavy atom. The van der Waals surface area contributed by atoms with E-state index in [0.29, 0.717) is 11.3 Å². The summed E-state index contributed by atoms with van der Waals surface area (Å²) in [6.07, 6.45) is 5.77. The van der Waals surface area contributed by atoms with Crippen molar-refractivity contribution >= 4 is 17.3 Å². The molecule has 28 heavy (non-hydrogen) atoms. The molecular formula is C23H23N3O2. The number of allylic oxidation sites excluding steroid dienone is 2. The van der Waals surface area contributed by atoms with Gasteiger partial charge in [-0.3, -0.25) is 4.79 Å². The Bertz CT molecular complexity index is 990. The first-order valence-electron chi connectivity index (χ1n) is 9.59. The average molecular weight is 373 g/mol. The number of hydrazone groups is 1. The first-order chi connectivity index (χ1) is 13.7. The number of carbonyl (C=O) groups is 1. The summed E-state index contributed by atoms with van der Waals surface area (Å²) < 4.78 is 6.11. The zero-order valence-corrected chi connectivity index (χ0v) is 16.1. The first-order valence-corrected chi connectivity index (χ1v) is 9.59. The van der Waals surface area contributed by atoms with Gasteiger partial charge in [-0.2, -0.15) is 5.10 Å². The quantitative estimate of drug-likeness (QED) is 0.778. The molecule has 2 heterocycles. The molecule has 5 nitrogen and oxygen atoms in total. The van der Waals surface area contributed by atoms with Crippen molar-refractivity contribution in [1.82, 2.24) is 5.43 Å². The number of ether oxygens (including phenoxy) is 1. The third-order valence-electron chi connectivity index (χ3n) is 4.92. The molecule has 0 saturated heterocycles. The van der Waals surface area contributed by atoms with Crippen LogP contribution in [-0.2, 0) is 4.79 Å². The highest BCUT2D eigenvalue weighted by molar-refractivity contribution is 6.24. The van der Waals surface area contributed by atoms with Crippen molar-refractivity contribution < 1.29 is 9.53 Å². The molecule has 0 aliphatic carbocycles. The van der Waals surface area contributed by atoms with Gasteiger partial charge < -0.3 is 9.64 Å². The van der Waals surface area contributed by atoms with Crippen LogP contribution in [0.1, 0.15) is 26.7 Å². The van der Waals surface area contributed by atoms with E-state index in [1.54, 1.807) is 6.08 Å². The summed E-state index contributed by atoms with van der Waals surface area (Å²) in [5.74, 6) is 1.38. The Balaban J connectivity index is 1.69. The SMILES string of the molecule is CCCCN1/C(=C/C=C2\C(=O)NN=C2C)Oc2ccc(-c3ccccc3)cc21. The van der Waals surface area contributed by atoms with E-state index >= 15 is 0 Å². The van der Waals surface area contributed by atoms with E-state index in [1.165, 1.54) is 5.56 Å². The predicted octanol–water partition coefficient (Wildman–Crippen LogP) is 4.63. The van der Waals surface area contributed by atoms with Crippen LogP contribution in [-0.4, -0.2) is 18.2 Å². The zero-order chi connectivity index (χ0) is 19.5. The second-order valence-electron chi connectivity index (χ2n) is 6.88. The number of fused-ring (bicyclic) bond motifs is 1. The van der Waals surface area contributed by atoms with Gasteiger partial charge in [0.15, 0.2) is 5.75 Å². The smallest absolute Gasteiger partial charge is 0.273 e. The highest BCUT2D eigenvalue weighted by Crippen LogP contribution is 2.41. The van der Waals surface area contributed by atoms with E-state index < -0.39 is 0 Å². The molecule has 5 heteroatoms. The molecule has 2 aliphatic rings. The number of rotatable bonds is 5. The van der Waals surface area contributed by atoms with Crippen LogP contribution in [0, 0.1) is 0 Å². The van der Waals surface area contributed by atoms with E-state index in [-0.39, 0.29) is 5.91 Å². The molecule has 0 atom stereocenters. The third-order valence-corrected chi connectivity index (χ3v) is 4.92. The van der Waals surface area contributed by atoms with Gasteiger partial charge in [0.2, 0.25) is 5.88 Å². The number of anilines is 1. The van der Waals surface area contributed by atoms with Crippen LogP contribution in [0.2, 0.25) is 0 Å². The molecule has 2 aromatic rings. The number of unbranched alkanes of at least 4 members (excludes halogenated alkanes) is 1. The van der Waals surface area contributed by atoms with Gasteiger partial charge in [0.05, 0.1) is 17.0 Å². The van der Waals surface area contributed by atoms with Crippen molar-refractivity contribution in [1.29, 1.82) is 0 Å². The molecule has 0 radical (unpaired) electrons. The van der Waals surface area contributed by atoms with E-state index in [0.717, 1.165) is 42.3 Å². The molecule has 0 fully saturated rings. The fourth-order valence-electron chi connectivity index (χ4n) is 3.35. The lowest BCUT2D eigenvalue weighted by atomic mass is 10.0. The van der Waals surface area contributed by atoms with Gasteiger partial charge in [0.1, 0.15) is 0 Å². The van der Waals surface area contributed by atoms with Gasteiger partial charge in [-0.25, -0.2) is 5.43 Å². The van der Waals surface area contributed by atoms with Crippen LogP contribution in [0.5, 0.6) is 5.75 Å². The van der Waals surface area contributed by atoms with Crippen molar-refractivity contribution in [2.45, 2.75) is 26.7 Å². The van der Waals surface area contributed by atoms with Crippen LogP contribution >= 0.6 is 0 Å². The van der Waals surface area contributed by atoms with Gasteiger partial charge in [-0.05, 0) is 48.8 Å². The number of benzene rings is 2. The third kappa shape index (κ3) is 3.43. The lowest BCUT2D eigenvalue weighted by Gasteiger charge is -2.18. The van der Waals surface area contributed by atoms with Crippen molar-refractivity contribution in [3.63, 3.8) is 0 Å². The second kappa shape index (κ2) is 7.72. The Labute approximate surface area is 165 Å². The maximum atomic E-state index is 11.9. The standard InChI is InChI=1S/C23H23N3O2/c1-3-4-14-26-20-15-18(17-8-6-5-7-9-17)10-12-21(20)28-22(26)13-11-19-16(2)24-25-23(19)27/h5-13,15H,3-4,14H2,1-2H3,(H,25,27)/b19-11-,22-13-. The van der Waals surface area contributed by atoms with Crippen molar-refractivity contribution in [3.8, 4) is 16.9 Å². The molecule has 1 amide bonds. The number of hydrogen-bond donors (Lipinski definition) is 1. The van der Waals surface area contributed by atoms with Crippen LogP contribution < -0.4 is 15.1 Å². The summed E-state index contributed by atoms with van der Waals surface area (Å²) in [6, 6.07) is 16.6. The summed E-state index contributed by atoms with van der Waals surface area (Å²) in [5, 5.41) is 3.96. The predicted molar refractivity (Wildman–Crippen MR) is 112 cm³/mol. The maximum absolute atomic E-state index is 11.9. The average Bonchev–Trinajstić information content (AvgIpc) is 3.24. The minimum atomic E-state index is -0.184. The van der Waals surface area contributed by atoms with E-state index in [1.807, 2.05) is 37.3 Å². The van der Waals surface area contributed by atoms with E-state index in [2.05, 4.69) is 46.6 Å². The molecule has 0 spiro atoms. The van der Waals surface area contributed by atoms with Crippen LogP contribution in [0.4, 0.5) is 5.69 Å². The Morgan fingerprint density at radius 3 is 2.64 bits per heavy atom. The lowest BCUT2D eigenvalue weighted by Crippen LogP contribution is -2.21. The molecular weight excluding hydrogens is 350 g/mol. The Kier molecular flexibility index (Phi) is 4.98. The highest BCUT2D eigenvalue weighted by atomic mass is 16.5. The molecule has 0 aromatic heterocycles. The van der Waals surface area contributed by atoms with Crippen molar-refractivity contribution in [3.05, 3.63) is 72.1 Å². The van der Waals surface area contributed by atoms with Crippen LogP contribution in [0.25, 0.3) is 11.1 Å². The van der Waals surface area contributed by atoms with E-state index in [4.69, 9.17) is 4.74 Å². The van der Waals surface area contributed by atoms with Crippen molar-refractivity contribution in [2.24, 2.45) is 5.10 Å². The number of carbonyl (C=O) groups excluding carboxylic acids is 1. The number of nitrogens with one attached hydrogen (secondary N) is 1. The molecule has 1 N–H and O–H groups in total. The first kappa shape index (κ1) is 18.0. The molecule has 0 unspecified atom stereocenters. The molecule has 2 aromatic carbocycles.